The summed E-state index contributed by atoms with van der Waals surface area (Å²) in [7, 11) is 0. The summed E-state index contributed by atoms with van der Waals surface area (Å²) in [6, 6.07) is 14.0. The number of aromatic nitrogens is 2. The Balaban J connectivity index is 1.72. The number of amides is 1. The lowest BCUT2D eigenvalue weighted by Gasteiger charge is -2.03. The maximum atomic E-state index is 11.7. The standard InChI is InChI=1S/C17H11N3OS2/c21-16-15(23-17(22)20-16)9-12-2-1-3-13(19-12)11-5-4-10-6-7-18-14(10)8-11/h1-9,18H,(H,20,21,22). The second-order valence-corrected chi connectivity index (χ2v) is 6.80. The van der Waals surface area contributed by atoms with Crippen LogP contribution in [0.5, 0.6) is 0 Å². The zero-order valence-corrected chi connectivity index (χ0v) is 13.5. The van der Waals surface area contributed by atoms with E-state index in [0.29, 0.717) is 9.23 Å². The highest BCUT2D eigenvalue weighted by molar-refractivity contribution is 8.26. The number of benzene rings is 1. The second kappa shape index (κ2) is 5.64. The van der Waals surface area contributed by atoms with Crippen molar-refractivity contribution in [3.8, 4) is 11.3 Å². The van der Waals surface area contributed by atoms with Crippen molar-refractivity contribution in [3.05, 3.63) is 59.3 Å². The van der Waals surface area contributed by atoms with Crippen molar-refractivity contribution in [2.45, 2.75) is 0 Å². The maximum absolute atomic E-state index is 11.7. The molecule has 1 aliphatic heterocycles. The summed E-state index contributed by atoms with van der Waals surface area (Å²) >= 11 is 6.25. The molecule has 3 aromatic rings. The number of thiocarbonyl (C=S) groups is 1. The molecular formula is C17H11N3OS2. The highest BCUT2D eigenvalue weighted by atomic mass is 32.2. The number of H-pyrrole nitrogens is 1. The van der Waals surface area contributed by atoms with E-state index >= 15 is 0 Å². The largest absolute Gasteiger partial charge is 0.361 e. The summed E-state index contributed by atoms with van der Waals surface area (Å²) < 4.78 is 0.481. The topological polar surface area (TPSA) is 57.8 Å². The van der Waals surface area contributed by atoms with E-state index in [1.807, 2.05) is 36.5 Å². The molecule has 0 unspecified atom stereocenters. The van der Waals surface area contributed by atoms with E-state index in [4.69, 9.17) is 12.2 Å². The number of nitrogens with zero attached hydrogens (tertiary/aromatic N) is 1. The van der Waals surface area contributed by atoms with Crippen molar-refractivity contribution in [1.82, 2.24) is 15.3 Å². The summed E-state index contributed by atoms with van der Waals surface area (Å²) in [5, 5.41) is 3.77. The summed E-state index contributed by atoms with van der Waals surface area (Å²) in [6.45, 7) is 0. The number of aromatic amines is 1. The van der Waals surface area contributed by atoms with E-state index < -0.39 is 0 Å². The Morgan fingerprint density at radius 1 is 1.17 bits per heavy atom. The number of rotatable bonds is 2. The predicted octanol–water partition coefficient (Wildman–Crippen LogP) is 3.72. The first kappa shape index (κ1) is 14.2. The van der Waals surface area contributed by atoms with Gasteiger partial charge in [-0.05, 0) is 35.7 Å². The smallest absolute Gasteiger partial charge is 0.263 e. The molecule has 0 aliphatic carbocycles. The normalized spacial score (nSPS) is 16.3. The Hall–Kier alpha value is -2.44. The molecule has 112 valence electrons. The lowest BCUT2D eigenvalue weighted by atomic mass is 10.1. The number of carbonyl (C=O) groups excluding carboxylic acids is 1. The maximum Gasteiger partial charge on any atom is 0.263 e. The van der Waals surface area contributed by atoms with Gasteiger partial charge in [0.15, 0.2) is 0 Å². The molecule has 6 heteroatoms. The highest BCUT2D eigenvalue weighted by Gasteiger charge is 2.22. The molecule has 23 heavy (non-hydrogen) atoms. The van der Waals surface area contributed by atoms with Gasteiger partial charge < -0.3 is 10.3 Å². The molecule has 0 atom stereocenters. The van der Waals surface area contributed by atoms with Gasteiger partial charge in [-0.1, -0.05) is 42.2 Å². The minimum Gasteiger partial charge on any atom is -0.361 e. The molecule has 1 saturated heterocycles. The third kappa shape index (κ3) is 2.78. The van der Waals surface area contributed by atoms with Crippen LogP contribution in [0.1, 0.15) is 5.69 Å². The van der Waals surface area contributed by atoms with Crippen molar-refractivity contribution in [3.63, 3.8) is 0 Å². The fourth-order valence-corrected chi connectivity index (χ4v) is 3.48. The van der Waals surface area contributed by atoms with Crippen LogP contribution >= 0.6 is 24.0 Å². The zero-order valence-electron chi connectivity index (χ0n) is 11.9. The van der Waals surface area contributed by atoms with Crippen LogP contribution in [0.3, 0.4) is 0 Å². The van der Waals surface area contributed by atoms with Gasteiger partial charge in [-0.3, -0.25) is 4.79 Å². The molecule has 2 N–H and O–H groups in total. The monoisotopic (exact) mass is 337 g/mol. The van der Waals surface area contributed by atoms with Gasteiger partial charge in [0.05, 0.1) is 16.3 Å². The summed E-state index contributed by atoms with van der Waals surface area (Å²) in [4.78, 5) is 20.1. The number of thioether (sulfide) groups is 1. The van der Waals surface area contributed by atoms with E-state index in [2.05, 4.69) is 27.4 Å². The SMILES string of the molecule is O=C1NC(=S)SC1=Cc1cccc(-c2ccc3cc[nH]c3c2)n1. The van der Waals surface area contributed by atoms with Gasteiger partial charge in [-0.25, -0.2) is 4.98 Å². The van der Waals surface area contributed by atoms with Gasteiger partial charge in [0.1, 0.15) is 4.32 Å². The number of nitrogens with one attached hydrogen (secondary N) is 2. The van der Waals surface area contributed by atoms with Crippen LogP contribution in [0.2, 0.25) is 0 Å². The molecule has 1 fully saturated rings. The first-order valence-corrected chi connectivity index (χ1v) is 8.21. The molecule has 0 spiro atoms. The van der Waals surface area contributed by atoms with Crippen molar-refractivity contribution in [2.24, 2.45) is 0 Å². The molecule has 0 radical (unpaired) electrons. The van der Waals surface area contributed by atoms with Gasteiger partial charge in [-0.15, -0.1) is 0 Å². The molecule has 2 aromatic heterocycles. The van der Waals surface area contributed by atoms with Crippen LogP contribution in [-0.4, -0.2) is 20.2 Å². The van der Waals surface area contributed by atoms with Crippen molar-refractivity contribution >= 4 is 51.2 Å². The summed E-state index contributed by atoms with van der Waals surface area (Å²) in [5.74, 6) is -0.167. The average molecular weight is 337 g/mol. The van der Waals surface area contributed by atoms with E-state index in [0.717, 1.165) is 22.5 Å². The van der Waals surface area contributed by atoms with Crippen molar-refractivity contribution in [2.75, 3.05) is 0 Å². The first-order chi connectivity index (χ1) is 11.2. The average Bonchev–Trinajstić information content (AvgIpc) is 3.13. The highest BCUT2D eigenvalue weighted by Crippen LogP contribution is 2.27. The Morgan fingerprint density at radius 3 is 2.91 bits per heavy atom. The first-order valence-electron chi connectivity index (χ1n) is 6.98. The lowest BCUT2D eigenvalue weighted by Crippen LogP contribution is -2.17. The van der Waals surface area contributed by atoms with Crippen molar-refractivity contribution < 1.29 is 4.79 Å². The van der Waals surface area contributed by atoms with Crippen LogP contribution in [0.25, 0.3) is 28.2 Å². The van der Waals surface area contributed by atoms with Crippen LogP contribution in [0.15, 0.2) is 53.6 Å². The third-order valence-electron chi connectivity index (χ3n) is 3.54. The van der Waals surface area contributed by atoms with Gasteiger partial charge in [0.25, 0.3) is 5.91 Å². The van der Waals surface area contributed by atoms with E-state index in [9.17, 15) is 4.79 Å². The molecule has 1 aromatic carbocycles. The lowest BCUT2D eigenvalue weighted by molar-refractivity contribution is -0.115. The molecule has 4 rings (SSSR count). The predicted molar refractivity (Wildman–Crippen MR) is 97.8 cm³/mol. The summed E-state index contributed by atoms with van der Waals surface area (Å²) in [6.07, 6.45) is 3.68. The number of pyridine rings is 1. The molecule has 1 amide bonds. The molecule has 1 aliphatic rings. The Bertz CT molecular complexity index is 975. The fourth-order valence-electron chi connectivity index (χ4n) is 2.46. The number of fused-ring (bicyclic) bond motifs is 1. The fraction of sp³-hybridized carbons (Fsp3) is 0. The Labute approximate surface area is 142 Å². The molecule has 3 heterocycles. The van der Waals surface area contributed by atoms with Gasteiger partial charge >= 0.3 is 0 Å². The molecular weight excluding hydrogens is 326 g/mol. The molecule has 0 saturated carbocycles. The minimum atomic E-state index is -0.167. The van der Waals surface area contributed by atoms with Crippen LogP contribution in [0.4, 0.5) is 0 Å². The summed E-state index contributed by atoms with van der Waals surface area (Å²) in [5.41, 5.74) is 3.70. The third-order valence-corrected chi connectivity index (χ3v) is 4.71. The number of hydrogen-bond acceptors (Lipinski definition) is 4. The molecule has 4 nitrogen and oxygen atoms in total. The van der Waals surface area contributed by atoms with Gasteiger partial charge in [-0.2, -0.15) is 0 Å². The van der Waals surface area contributed by atoms with Crippen LogP contribution in [-0.2, 0) is 4.79 Å². The zero-order chi connectivity index (χ0) is 15.8. The molecule has 0 bridgehead atoms. The van der Waals surface area contributed by atoms with Crippen LogP contribution < -0.4 is 5.32 Å². The number of carbonyl (C=O) groups is 1. The Morgan fingerprint density at radius 2 is 2.09 bits per heavy atom. The Kier molecular flexibility index (Phi) is 3.48. The second-order valence-electron chi connectivity index (χ2n) is 5.08. The number of hydrogen-bond donors (Lipinski definition) is 2. The van der Waals surface area contributed by atoms with Gasteiger partial charge in [0.2, 0.25) is 0 Å². The van der Waals surface area contributed by atoms with Crippen LogP contribution in [0, 0.1) is 0 Å². The van der Waals surface area contributed by atoms with Gasteiger partial charge in [0, 0.05) is 17.3 Å². The van der Waals surface area contributed by atoms with Crippen molar-refractivity contribution in [1.29, 1.82) is 0 Å². The minimum absolute atomic E-state index is 0.167. The quantitative estimate of drug-likeness (QED) is 0.553. The van der Waals surface area contributed by atoms with E-state index in [1.54, 1.807) is 6.08 Å². The van der Waals surface area contributed by atoms with E-state index in [-0.39, 0.29) is 5.91 Å². The van der Waals surface area contributed by atoms with E-state index in [1.165, 1.54) is 17.1 Å².